The monoisotopic (exact) mass is 433 g/mol. The summed E-state index contributed by atoms with van der Waals surface area (Å²) in [5.74, 6) is 0.848. The molecule has 6 nitrogen and oxygen atoms in total. The number of carbonyl (C=O) groups excluding carboxylic acids is 1. The Morgan fingerprint density at radius 2 is 1.67 bits per heavy atom. The van der Waals surface area contributed by atoms with Gasteiger partial charge in [0, 0.05) is 0 Å². The molecule has 1 atom stereocenters. The van der Waals surface area contributed by atoms with Gasteiger partial charge in [0.1, 0.15) is 11.5 Å². The zero-order valence-corrected chi connectivity index (χ0v) is 19.3. The second-order valence-corrected chi connectivity index (χ2v) is 10.7. The van der Waals surface area contributed by atoms with Crippen molar-refractivity contribution in [2.45, 2.75) is 58.8 Å². The highest BCUT2D eigenvalue weighted by molar-refractivity contribution is 7.90. The predicted molar refractivity (Wildman–Crippen MR) is 118 cm³/mol. The maximum atomic E-state index is 12.7. The van der Waals surface area contributed by atoms with E-state index < -0.39 is 26.8 Å². The fraction of sp³-hybridized carbons (Fsp3) is 0.435. The fourth-order valence-corrected chi connectivity index (χ4v) is 3.80. The molecule has 2 aromatic rings. The van der Waals surface area contributed by atoms with E-state index in [-0.39, 0.29) is 13.0 Å². The minimum Gasteiger partial charge on any atom is -0.466 e. The third kappa shape index (κ3) is 6.06. The number of rotatable bonds is 8. The molecule has 2 aromatic carbocycles. The largest absolute Gasteiger partial charge is 0.466 e. The first-order valence-electron chi connectivity index (χ1n) is 9.96. The van der Waals surface area contributed by atoms with E-state index in [1.165, 1.54) is 0 Å². The Morgan fingerprint density at radius 3 is 2.23 bits per heavy atom. The van der Waals surface area contributed by atoms with E-state index in [2.05, 4.69) is 4.72 Å². The number of hydrogen-bond acceptors (Lipinski definition) is 5. The Bertz CT molecular complexity index is 973. The fourth-order valence-electron chi connectivity index (χ4n) is 2.85. The molecule has 0 spiro atoms. The second-order valence-electron chi connectivity index (χ2n) is 8.19. The molecule has 0 saturated carbocycles. The van der Waals surface area contributed by atoms with Crippen molar-refractivity contribution >= 4 is 16.0 Å². The van der Waals surface area contributed by atoms with E-state index in [1.54, 1.807) is 52.0 Å². The van der Waals surface area contributed by atoms with E-state index in [9.17, 15) is 13.2 Å². The lowest BCUT2D eigenvalue weighted by molar-refractivity contribution is -0.143. The number of sulfonamides is 1. The van der Waals surface area contributed by atoms with Gasteiger partial charge in [-0.25, -0.2) is 13.1 Å². The molecule has 30 heavy (non-hydrogen) atoms. The van der Waals surface area contributed by atoms with Crippen LogP contribution in [-0.2, 0) is 19.6 Å². The standard InChI is InChI=1S/C23H31NO5S/c1-7-28-21(25)15-20(24-30(26,27)23(4,5)6)18-12-9-13-19(14-18)29-22-16(2)10-8-11-17(22)3/h8-14,20,24H,7,15H2,1-6H3/t20-/m0/s1. The Hall–Kier alpha value is -2.38. The molecule has 7 heteroatoms. The molecule has 0 aromatic heterocycles. The van der Waals surface area contributed by atoms with E-state index in [0.29, 0.717) is 11.3 Å². The average Bonchev–Trinajstić information content (AvgIpc) is 2.64. The van der Waals surface area contributed by atoms with Crippen molar-refractivity contribution in [2.75, 3.05) is 6.61 Å². The Morgan fingerprint density at radius 1 is 1.07 bits per heavy atom. The maximum absolute atomic E-state index is 12.7. The van der Waals surface area contributed by atoms with Crippen molar-refractivity contribution in [2.24, 2.45) is 0 Å². The van der Waals surface area contributed by atoms with Crippen molar-refractivity contribution in [3.8, 4) is 11.5 Å². The molecule has 0 unspecified atom stereocenters. The summed E-state index contributed by atoms with van der Waals surface area (Å²) in [4.78, 5) is 12.1. The molecule has 0 saturated heterocycles. The first kappa shape index (κ1) is 23.9. The van der Waals surface area contributed by atoms with E-state index in [0.717, 1.165) is 16.9 Å². The lowest BCUT2D eigenvalue weighted by atomic mass is 10.0. The normalized spacial score (nSPS) is 13.0. The summed E-state index contributed by atoms with van der Waals surface area (Å²) in [5, 5.41) is 0. The number of aryl methyl sites for hydroxylation is 2. The van der Waals surface area contributed by atoms with E-state index in [1.807, 2.05) is 32.0 Å². The molecule has 0 amide bonds. The molecule has 0 bridgehead atoms. The van der Waals surface area contributed by atoms with Gasteiger partial charge >= 0.3 is 5.97 Å². The molecule has 0 aliphatic heterocycles. The van der Waals surface area contributed by atoms with Gasteiger partial charge in [-0.3, -0.25) is 4.79 Å². The SMILES string of the molecule is CCOC(=O)C[C@H](NS(=O)(=O)C(C)(C)C)c1cccc(Oc2c(C)cccc2C)c1. The minimum atomic E-state index is -3.69. The highest BCUT2D eigenvalue weighted by atomic mass is 32.2. The average molecular weight is 434 g/mol. The summed E-state index contributed by atoms with van der Waals surface area (Å²) in [7, 11) is -3.69. The molecule has 164 valence electrons. The van der Waals surface area contributed by atoms with Crippen LogP contribution in [0.2, 0.25) is 0 Å². The number of benzene rings is 2. The topological polar surface area (TPSA) is 81.7 Å². The first-order chi connectivity index (χ1) is 13.9. The summed E-state index contributed by atoms with van der Waals surface area (Å²) in [6, 6.07) is 12.2. The zero-order valence-electron chi connectivity index (χ0n) is 18.5. The maximum Gasteiger partial charge on any atom is 0.307 e. The van der Waals surface area contributed by atoms with Crippen LogP contribution >= 0.6 is 0 Å². The summed E-state index contributed by atoms with van der Waals surface area (Å²) in [5.41, 5.74) is 2.62. The number of esters is 1. The molecular weight excluding hydrogens is 402 g/mol. The van der Waals surface area contributed by atoms with Crippen molar-refractivity contribution in [1.29, 1.82) is 0 Å². The van der Waals surface area contributed by atoms with Crippen LogP contribution in [0.5, 0.6) is 11.5 Å². The smallest absolute Gasteiger partial charge is 0.307 e. The first-order valence-corrected chi connectivity index (χ1v) is 11.4. The van der Waals surface area contributed by atoms with Crippen molar-refractivity contribution < 1.29 is 22.7 Å². The molecule has 0 radical (unpaired) electrons. The number of carbonyl (C=O) groups is 1. The molecule has 2 rings (SSSR count). The van der Waals surface area contributed by atoms with Gasteiger partial charge in [-0.05, 0) is 70.4 Å². The van der Waals surface area contributed by atoms with Gasteiger partial charge in [0.05, 0.1) is 23.8 Å². The van der Waals surface area contributed by atoms with Crippen molar-refractivity contribution in [1.82, 2.24) is 4.72 Å². The van der Waals surface area contributed by atoms with Crippen LogP contribution in [0.3, 0.4) is 0 Å². The van der Waals surface area contributed by atoms with Gasteiger partial charge in [0.15, 0.2) is 0 Å². The van der Waals surface area contributed by atoms with Crippen LogP contribution in [0.4, 0.5) is 0 Å². The Labute approximate surface area is 179 Å². The van der Waals surface area contributed by atoms with Gasteiger partial charge in [0.2, 0.25) is 10.0 Å². The zero-order chi connectivity index (χ0) is 22.5. The van der Waals surface area contributed by atoms with E-state index in [4.69, 9.17) is 9.47 Å². The summed E-state index contributed by atoms with van der Waals surface area (Å²) in [6.45, 7) is 10.7. The number of hydrogen-bond donors (Lipinski definition) is 1. The minimum absolute atomic E-state index is 0.115. The highest BCUT2D eigenvalue weighted by Crippen LogP contribution is 2.31. The third-order valence-corrected chi connectivity index (χ3v) is 6.88. The number of para-hydroxylation sites is 1. The summed E-state index contributed by atoms with van der Waals surface area (Å²) >= 11 is 0. The van der Waals surface area contributed by atoms with Crippen LogP contribution < -0.4 is 9.46 Å². The van der Waals surface area contributed by atoms with Crippen molar-refractivity contribution in [3.05, 3.63) is 59.2 Å². The highest BCUT2D eigenvalue weighted by Gasteiger charge is 2.33. The summed E-state index contributed by atoms with van der Waals surface area (Å²) < 4.78 is 38.3. The third-order valence-electron chi connectivity index (χ3n) is 4.67. The molecule has 0 fully saturated rings. The lowest BCUT2D eigenvalue weighted by Crippen LogP contribution is -2.41. The molecular formula is C23H31NO5S. The van der Waals surface area contributed by atoms with Gasteiger partial charge in [0.25, 0.3) is 0 Å². The molecule has 0 heterocycles. The quantitative estimate of drug-likeness (QED) is 0.604. The molecule has 1 N–H and O–H groups in total. The van der Waals surface area contributed by atoms with E-state index >= 15 is 0 Å². The van der Waals surface area contributed by atoms with Gasteiger partial charge in [-0.2, -0.15) is 0 Å². The number of nitrogens with one attached hydrogen (secondary N) is 1. The van der Waals surface area contributed by atoms with Crippen LogP contribution in [0.1, 0.15) is 56.8 Å². The Kier molecular flexibility index (Phi) is 7.66. The van der Waals surface area contributed by atoms with Gasteiger partial charge < -0.3 is 9.47 Å². The molecule has 0 aliphatic rings. The lowest BCUT2D eigenvalue weighted by Gasteiger charge is -2.25. The van der Waals surface area contributed by atoms with Crippen LogP contribution in [0.15, 0.2) is 42.5 Å². The Balaban J connectivity index is 2.38. The summed E-state index contributed by atoms with van der Waals surface area (Å²) in [6.07, 6.45) is -0.115. The number of ether oxygens (including phenoxy) is 2. The molecule has 0 aliphatic carbocycles. The predicted octanol–water partition coefficient (Wildman–Crippen LogP) is 4.81. The van der Waals surface area contributed by atoms with Crippen molar-refractivity contribution in [3.63, 3.8) is 0 Å². The second kappa shape index (κ2) is 9.62. The van der Waals surface area contributed by atoms with Crippen LogP contribution in [0, 0.1) is 13.8 Å². The van der Waals surface area contributed by atoms with Crippen LogP contribution in [0.25, 0.3) is 0 Å². The van der Waals surface area contributed by atoms with Crippen LogP contribution in [-0.4, -0.2) is 25.7 Å². The van der Waals surface area contributed by atoms with Gasteiger partial charge in [-0.15, -0.1) is 0 Å². The van der Waals surface area contributed by atoms with Gasteiger partial charge in [-0.1, -0.05) is 30.3 Å².